The normalized spacial score (nSPS) is 22.4. The van der Waals surface area contributed by atoms with Crippen LogP contribution in [-0.2, 0) is 20.0 Å². The highest BCUT2D eigenvalue weighted by Crippen LogP contribution is 2.44. The van der Waals surface area contributed by atoms with E-state index in [0.717, 1.165) is 6.07 Å². The second-order valence-corrected chi connectivity index (χ2v) is 6.75. The molecule has 0 bridgehead atoms. The van der Waals surface area contributed by atoms with E-state index in [0.29, 0.717) is 0 Å². The van der Waals surface area contributed by atoms with Crippen LogP contribution in [-0.4, -0.2) is 27.3 Å². The third-order valence-corrected chi connectivity index (χ3v) is 5.59. The molecule has 0 saturated carbocycles. The number of fused-ring (bicyclic) bond motifs is 3. The minimum atomic E-state index is -4.71. The Labute approximate surface area is 94.9 Å². The number of benzene rings is 1. The van der Waals surface area contributed by atoms with E-state index in [1.54, 1.807) is 0 Å². The van der Waals surface area contributed by atoms with Crippen LogP contribution in [0.4, 0.5) is 10.2 Å². The number of anilines is 1. The molecule has 2 heterocycles. The van der Waals surface area contributed by atoms with Gasteiger partial charge < -0.3 is 0 Å². The van der Waals surface area contributed by atoms with Crippen LogP contribution in [0.15, 0.2) is 21.9 Å². The second-order valence-electron chi connectivity index (χ2n) is 3.45. The molecule has 10 heteroatoms. The molecule has 0 unspecified atom stereocenters. The second kappa shape index (κ2) is 2.59. The molecule has 0 radical (unpaired) electrons. The largest absolute Gasteiger partial charge is 0.298 e. The molecule has 1 amide bonds. The first-order valence-electron chi connectivity index (χ1n) is 4.22. The van der Waals surface area contributed by atoms with Crippen molar-refractivity contribution in [2.75, 3.05) is 4.72 Å². The zero-order valence-electron chi connectivity index (χ0n) is 7.84. The van der Waals surface area contributed by atoms with Gasteiger partial charge in [0.1, 0.15) is 9.79 Å². The number of halogens is 1. The van der Waals surface area contributed by atoms with Gasteiger partial charge in [-0.15, -0.1) is 0 Å². The van der Waals surface area contributed by atoms with Gasteiger partial charge in [-0.3, -0.25) is 9.52 Å². The van der Waals surface area contributed by atoms with Gasteiger partial charge >= 0.3 is 0 Å². The van der Waals surface area contributed by atoms with Crippen molar-refractivity contribution in [2.45, 2.75) is 9.79 Å². The summed E-state index contributed by atoms with van der Waals surface area (Å²) in [5.41, 5.74) is -0.438. The van der Waals surface area contributed by atoms with E-state index >= 15 is 0 Å². The number of carbonyl (C=O) groups excluding carboxylic acids is 1. The first-order chi connectivity index (χ1) is 7.77. The summed E-state index contributed by atoms with van der Waals surface area (Å²) in [6.07, 6.45) is 0. The van der Waals surface area contributed by atoms with E-state index in [2.05, 4.69) is 0 Å². The number of carbonyl (C=O) groups is 1. The highest BCUT2D eigenvalue weighted by Gasteiger charge is 2.50. The van der Waals surface area contributed by atoms with Crippen molar-refractivity contribution in [1.82, 2.24) is 4.53 Å². The van der Waals surface area contributed by atoms with Crippen LogP contribution in [0.3, 0.4) is 0 Å². The van der Waals surface area contributed by atoms with Gasteiger partial charge in [0.05, 0.1) is 11.3 Å². The molecule has 1 N–H and O–H groups in total. The van der Waals surface area contributed by atoms with E-state index in [-0.39, 0.29) is 5.69 Å². The molecule has 0 saturated heterocycles. The van der Waals surface area contributed by atoms with Gasteiger partial charge in [0.15, 0.2) is 0 Å². The lowest BCUT2D eigenvalue weighted by atomic mass is 10.2. The molecule has 3 rings (SSSR count). The Bertz CT molecular complexity index is 783. The molecule has 2 aliphatic rings. The van der Waals surface area contributed by atoms with Crippen molar-refractivity contribution in [2.24, 2.45) is 0 Å². The smallest absolute Gasteiger partial charge is 0.278 e. The molecule has 0 aromatic heterocycles. The summed E-state index contributed by atoms with van der Waals surface area (Å²) < 4.78 is 60.0. The molecule has 17 heavy (non-hydrogen) atoms. The van der Waals surface area contributed by atoms with Gasteiger partial charge in [0.2, 0.25) is 0 Å². The maximum atomic E-state index is 13.2. The summed E-state index contributed by atoms with van der Waals surface area (Å²) in [5, 5.41) is 0. The molecule has 1 aromatic rings. The molecule has 90 valence electrons. The summed E-state index contributed by atoms with van der Waals surface area (Å²) >= 11 is 0. The van der Waals surface area contributed by atoms with E-state index < -0.39 is 45.8 Å². The lowest BCUT2D eigenvalue weighted by molar-refractivity contribution is 0.0610. The Hall–Kier alpha value is -1.68. The average molecular weight is 278 g/mol. The lowest BCUT2D eigenvalue weighted by Gasteiger charge is -2.22. The molecule has 0 atom stereocenters. The number of sulfonamides is 2. The fourth-order valence-corrected chi connectivity index (χ4v) is 4.84. The third-order valence-electron chi connectivity index (χ3n) is 2.48. The van der Waals surface area contributed by atoms with Crippen LogP contribution in [0.1, 0.15) is 10.4 Å². The van der Waals surface area contributed by atoms with Crippen molar-refractivity contribution < 1.29 is 26.1 Å². The quantitative estimate of drug-likeness (QED) is 0.664. The van der Waals surface area contributed by atoms with Gasteiger partial charge in [-0.25, -0.2) is 8.42 Å². The van der Waals surface area contributed by atoms with Crippen molar-refractivity contribution >= 4 is 31.6 Å². The number of nitrogens with one attached hydrogen (secondary N) is 1. The Morgan fingerprint density at radius 3 is 2.35 bits per heavy atom. The molecule has 0 fully saturated rings. The molecule has 1 aromatic carbocycles. The first-order valence-corrected chi connectivity index (χ1v) is 7.14. The van der Waals surface area contributed by atoms with Crippen LogP contribution < -0.4 is 4.72 Å². The molecular formula is C7H3FN2O5S2. The van der Waals surface area contributed by atoms with Crippen LogP contribution in [0.25, 0.3) is 0 Å². The minimum Gasteiger partial charge on any atom is -0.278 e. The molecule has 7 nitrogen and oxygen atoms in total. The van der Waals surface area contributed by atoms with Crippen molar-refractivity contribution in [3.8, 4) is 0 Å². The topological polar surface area (TPSA) is 101 Å². The molecule has 0 spiro atoms. The summed E-state index contributed by atoms with van der Waals surface area (Å²) in [6, 6.07) is 2.27. The highest BCUT2D eigenvalue weighted by atomic mass is 32.2. The van der Waals surface area contributed by atoms with Crippen molar-refractivity contribution in [3.63, 3.8) is 0 Å². The summed E-state index contributed by atoms with van der Waals surface area (Å²) in [4.78, 5) is 9.92. The Morgan fingerprint density at radius 1 is 1.12 bits per heavy atom. The van der Waals surface area contributed by atoms with Gasteiger partial charge in [0.25, 0.3) is 26.0 Å². The zero-order valence-corrected chi connectivity index (χ0v) is 9.47. The number of rotatable bonds is 0. The Morgan fingerprint density at radius 2 is 1.76 bits per heavy atom. The maximum absolute atomic E-state index is 13.2. The standard InChI is InChI=1S/C7H3FN2O5S2/c8-10-7(11)3-1-2-4-6(16(12,13)9-4)5(3)17(10,14)15/h1-2,9H. The third kappa shape index (κ3) is 1.01. The summed E-state index contributed by atoms with van der Waals surface area (Å²) in [5.74, 6) is -1.38. The maximum Gasteiger partial charge on any atom is 0.298 e. The van der Waals surface area contributed by atoms with Gasteiger partial charge in [-0.2, -0.15) is 8.42 Å². The number of hydrogen-bond donors (Lipinski definition) is 1. The van der Waals surface area contributed by atoms with E-state index in [9.17, 15) is 26.1 Å². The number of nitrogens with zero attached hydrogens (tertiary/aromatic N) is 1. The summed E-state index contributed by atoms with van der Waals surface area (Å²) in [7, 11) is -8.67. The predicted molar refractivity (Wildman–Crippen MR) is 51.7 cm³/mol. The minimum absolute atomic E-state index is 0.0374. The van der Waals surface area contributed by atoms with Gasteiger partial charge in [-0.1, -0.05) is 9.01 Å². The van der Waals surface area contributed by atoms with Gasteiger partial charge in [0, 0.05) is 0 Å². The average Bonchev–Trinajstić information content (AvgIpc) is 2.39. The monoisotopic (exact) mass is 278 g/mol. The SMILES string of the molecule is O=C1c2ccc3c(c2S(=O)(=O)N1F)S(=O)(=O)N3. The zero-order chi connectivity index (χ0) is 12.6. The van der Waals surface area contributed by atoms with Crippen molar-refractivity contribution in [3.05, 3.63) is 17.7 Å². The van der Waals surface area contributed by atoms with E-state index in [1.165, 1.54) is 6.07 Å². The fraction of sp³-hybridized carbons (Fsp3) is 0. The van der Waals surface area contributed by atoms with E-state index in [1.807, 2.05) is 4.72 Å². The van der Waals surface area contributed by atoms with Crippen molar-refractivity contribution in [1.29, 1.82) is 0 Å². The van der Waals surface area contributed by atoms with E-state index in [4.69, 9.17) is 0 Å². The Kier molecular flexibility index (Phi) is 1.60. The van der Waals surface area contributed by atoms with Crippen LogP contribution in [0, 0.1) is 0 Å². The number of amides is 1. The Balaban J connectivity index is 2.51. The van der Waals surface area contributed by atoms with Crippen LogP contribution in [0.2, 0.25) is 0 Å². The van der Waals surface area contributed by atoms with Gasteiger partial charge in [-0.05, 0) is 12.1 Å². The molecule has 2 aliphatic heterocycles. The lowest BCUT2D eigenvalue weighted by Crippen LogP contribution is -2.28. The summed E-state index contributed by atoms with van der Waals surface area (Å²) in [6.45, 7) is 0. The van der Waals surface area contributed by atoms with Crippen LogP contribution in [0.5, 0.6) is 0 Å². The molecule has 0 aliphatic carbocycles. The predicted octanol–water partition coefficient (Wildman–Crippen LogP) is -0.170. The fourth-order valence-electron chi connectivity index (χ4n) is 1.77. The number of hydrogen-bond acceptors (Lipinski definition) is 5. The van der Waals surface area contributed by atoms with Crippen LogP contribution >= 0.6 is 0 Å². The highest BCUT2D eigenvalue weighted by molar-refractivity contribution is 7.96. The first kappa shape index (κ1) is 10.5. The molecular weight excluding hydrogens is 275 g/mol.